The molecule has 0 aliphatic rings. The van der Waals surface area contributed by atoms with Gasteiger partial charge in [-0.1, -0.05) is 0 Å². The van der Waals surface area contributed by atoms with Crippen molar-refractivity contribution in [2.24, 2.45) is 0 Å². The fraction of sp³-hybridized carbons (Fsp3) is 1.00. The molecule has 76 valence electrons. The van der Waals surface area contributed by atoms with Crippen LogP contribution in [0.15, 0.2) is 0 Å². The second-order valence-electron chi connectivity index (χ2n) is 2.37. The summed E-state index contributed by atoms with van der Waals surface area (Å²) in [6, 6.07) is 0. The van der Waals surface area contributed by atoms with E-state index in [2.05, 4.69) is 0 Å². The number of aliphatic hydroxyl groups excluding tert-OH is 2. The van der Waals surface area contributed by atoms with E-state index >= 15 is 0 Å². The van der Waals surface area contributed by atoms with Gasteiger partial charge in [-0.2, -0.15) is 0 Å². The van der Waals surface area contributed by atoms with Gasteiger partial charge >= 0.3 is 7.60 Å². The van der Waals surface area contributed by atoms with Crippen LogP contribution >= 0.6 is 7.60 Å². The van der Waals surface area contributed by atoms with Crippen molar-refractivity contribution >= 4 is 66.7 Å². The maximum absolute atomic E-state index is 10.5. The molecule has 14 heavy (non-hydrogen) atoms. The minimum atomic E-state index is -4.08. The molecule has 0 atom stereocenters. The Hall–Kier alpha value is 2.03. The van der Waals surface area contributed by atoms with Gasteiger partial charge in [0.05, 0.1) is 13.2 Å². The molecule has 0 unspecified atom stereocenters. The first-order valence-electron chi connectivity index (χ1n) is 3.48. The van der Waals surface area contributed by atoms with Crippen LogP contribution in [0.2, 0.25) is 0 Å². The monoisotopic (exact) mass is 245 g/mol. The van der Waals surface area contributed by atoms with E-state index in [1.54, 1.807) is 0 Å². The van der Waals surface area contributed by atoms with Crippen molar-refractivity contribution in [3.63, 3.8) is 0 Å². The van der Waals surface area contributed by atoms with Crippen molar-refractivity contribution in [2.45, 2.75) is 0 Å². The van der Waals surface area contributed by atoms with Gasteiger partial charge in [0.2, 0.25) is 0 Å². The third-order valence-corrected chi connectivity index (χ3v) is 1.99. The summed E-state index contributed by atoms with van der Waals surface area (Å²) < 4.78 is 10.5. The molecule has 9 heteroatoms. The van der Waals surface area contributed by atoms with Crippen LogP contribution in [0.4, 0.5) is 0 Å². The van der Waals surface area contributed by atoms with Crippen LogP contribution < -0.4 is 0 Å². The molecule has 0 aromatic heterocycles. The molecule has 0 rings (SSSR count). The number of nitrogens with zero attached hydrogens (tertiary/aromatic N) is 1. The van der Waals surface area contributed by atoms with Gasteiger partial charge in [0.25, 0.3) is 0 Å². The molecule has 0 aromatic carbocycles. The summed E-state index contributed by atoms with van der Waals surface area (Å²) in [5.74, 6) is 0. The zero-order valence-corrected chi connectivity index (χ0v) is 13.5. The molecule has 0 spiro atoms. The molecule has 6 nitrogen and oxygen atoms in total. The van der Waals surface area contributed by atoms with Crippen LogP contribution in [0.25, 0.3) is 0 Å². The molecule has 0 bridgehead atoms. The minimum absolute atomic E-state index is 0. The molecule has 0 saturated carbocycles. The summed E-state index contributed by atoms with van der Waals surface area (Å²) >= 11 is 0. The summed E-state index contributed by atoms with van der Waals surface area (Å²) in [6.45, 7) is -0.0443. The summed E-state index contributed by atoms with van der Waals surface area (Å²) in [4.78, 5) is 18.4. The van der Waals surface area contributed by atoms with Gasteiger partial charge in [-0.05, 0) is 0 Å². The van der Waals surface area contributed by atoms with Gasteiger partial charge in [-0.15, -0.1) is 0 Å². The molecule has 2 radical (unpaired) electrons. The maximum atomic E-state index is 10.5. The molecule has 0 amide bonds. The number of hydrogen-bond acceptors (Lipinski definition) is 4. The van der Waals surface area contributed by atoms with Crippen molar-refractivity contribution in [1.82, 2.24) is 4.90 Å². The zero-order chi connectivity index (χ0) is 9.61. The fourth-order valence-corrected chi connectivity index (χ4v) is 1.60. The first-order chi connectivity index (χ1) is 5.49. The Morgan fingerprint density at radius 3 is 1.57 bits per heavy atom. The minimum Gasteiger partial charge on any atom is -0.395 e. The second kappa shape index (κ2) is 11.5. The third-order valence-electron chi connectivity index (χ3n) is 1.22. The summed E-state index contributed by atoms with van der Waals surface area (Å²) in [6.07, 6.45) is -0.422. The molecule has 0 aliphatic carbocycles. The van der Waals surface area contributed by atoms with Crippen LogP contribution in [-0.4, -0.2) is 117 Å². The van der Waals surface area contributed by atoms with E-state index in [4.69, 9.17) is 20.0 Å². The predicted octanol–water partition coefficient (Wildman–Crippen LogP) is -2.35. The molecular weight excluding hydrogens is 231 g/mol. The molecule has 4 N–H and O–H groups in total. The van der Waals surface area contributed by atoms with E-state index in [-0.39, 0.29) is 85.4 Å². The van der Waals surface area contributed by atoms with Crippen molar-refractivity contribution < 1.29 is 24.6 Å². The summed E-state index contributed by atoms with van der Waals surface area (Å²) in [5, 5.41) is 17.0. The zero-order valence-electron chi connectivity index (χ0n) is 8.63. The van der Waals surface area contributed by atoms with E-state index in [1.807, 2.05) is 0 Å². The Labute approximate surface area is 127 Å². The van der Waals surface area contributed by atoms with Gasteiger partial charge in [0.1, 0.15) is 6.29 Å². The largest absolute Gasteiger partial charge is 0.395 e. The number of rotatable bonds is 6. The Kier molecular flexibility index (Phi) is 17.5. The number of aliphatic hydroxyl groups is 2. The average Bonchev–Trinajstić information content (AvgIpc) is 1.84. The predicted molar refractivity (Wildman–Crippen MR) is 54.2 cm³/mol. The van der Waals surface area contributed by atoms with Crippen molar-refractivity contribution in [2.75, 3.05) is 32.6 Å². The summed E-state index contributed by atoms with van der Waals surface area (Å²) in [7, 11) is -4.08. The topological polar surface area (TPSA) is 101 Å². The van der Waals surface area contributed by atoms with Crippen LogP contribution in [0.3, 0.4) is 0 Å². The smallest absolute Gasteiger partial charge is 0.339 e. The van der Waals surface area contributed by atoms with Crippen LogP contribution in [0.1, 0.15) is 0 Å². The molecular formula is C5H14NNa2O5P. The van der Waals surface area contributed by atoms with E-state index in [9.17, 15) is 4.57 Å². The van der Waals surface area contributed by atoms with Gasteiger partial charge < -0.3 is 20.0 Å². The van der Waals surface area contributed by atoms with Gasteiger partial charge in [-0.3, -0.25) is 9.46 Å². The van der Waals surface area contributed by atoms with Gasteiger partial charge in [0, 0.05) is 72.2 Å². The van der Waals surface area contributed by atoms with E-state index in [0.717, 1.165) is 0 Å². The van der Waals surface area contributed by atoms with Crippen molar-refractivity contribution in [1.29, 1.82) is 0 Å². The van der Waals surface area contributed by atoms with Crippen LogP contribution in [-0.2, 0) is 4.57 Å². The van der Waals surface area contributed by atoms with Crippen LogP contribution in [0, 0.1) is 0 Å². The van der Waals surface area contributed by atoms with E-state index < -0.39 is 13.9 Å². The van der Waals surface area contributed by atoms with Gasteiger partial charge in [0.15, 0.2) is 0 Å². The molecule has 0 heterocycles. The third kappa shape index (κ3) is 14.0. The molecule has 0 fully saturated rings. The molecule has 0 saturated heterocycles. The number of hydrogen-bond donors (Lipinski definition) is 4. The summed E-state index contributed by atoms with van der Waals surface area (Å²) in [5.41, 5.74) is 0. The Morgan fingerprint density at radius 2 is 1.36 bits per heavy atom. The van der Waals surface area contributed by atoms with Crippen molar-refractivity contribution in [3.8, 4) is 0 Å². The van der Waals surface area contributed by atoms with E-state index in [0.29, 0.717) is 0 Å². The molecule has 0 aliphatic heterocycles. The van der Waals surface area contributed by atoms with E-state index in [1.165, 1.54) is 4.90 Å². The van der Waals surface area contributed by atoms with Crippen molar-refractivity contribution in [3.05, 3.63) is 0 Å². The fourth-order valence-electron chi connectivity index (χ4n) is 0.797. The SMILES string of the molecule is O=P(O)(O)CN(CCO)CCO.[Na].[Na]. The normalized spacial score (nSPS) is 10.6. The average molecular weight is 245 g/mol. The first kappa shape index (κ1) is 21.3. The van der Waals surface area contributed by atoms with Gasteiger partial charge in [-0.25, -0.2) is 0 Å². The molecule has 0 aromatic rings. The standard InChI is InChI=1S/C5H14NO5P.2Na/c7-3-1-6(2-4-8)5-12(9,10)11;;/h7-8H,1-5H2,(H2,9,10,11);;. The Balaban J connectivity index is -0.000000605. The Bertz CT molecular complexity index is 160. The Morgan fingerprint density at radius 1 is 1.00 bits per heavy atom. The quantitative estimate of drug-likeness (QED) is 0.308. The first-order valence-corrected chi connectivity index (χ1v) is 5.28. The second-order valence-corrected chi connectivity index (χ2v) is 3.98. The van der Waals surface area contributed by atoms with Crippen LogP contribution in [0.5, 0.6) is 0 Å². The maximum Gasteiger partial charge on any atom is 0.339 e.